The Labute approximate surface area is 107 Å². The van der Waals surface area contributed by atoms with Gasteiger partial charge in [-0.05, 0) is 29.8 Å². The Bertz CT molecular complexity index is 738. The molecule has 0 aliphatic heterocycles. The van der Waals surface area contributed by atoms with Crippen molar-refractivity contribution in [2.45, 2.75) is 0 Å². The van der Waals surface area contributed by atoms with Gasteiger partial charge in [0, 0.05) is 11.8 Å². The molecule has 18 heavy (non-hydrogen) atoms. The number of benzene rings is 1. The van der Waals surface area contributed by atoms with Crippen LogP contribution in [0.3, 0.4) is 0 Å². The van der Waals surface area contributed by atoms with E-state index in [4.69, 9.17) is 17.3 Å². The van der Waals surface area contributed by atoms with Crippen LogP contribution in [-0.2, 0) is 0 Å². The predicted octanol–water partition coefficient (Wildman–Crippen LogP) is 2.77. The second kappa shape index (κ2) is 3.96. The van der Waals surface area contributed by atoms with Crippen molar-refractivity contribution in [3.63, 3.8) is 0 Å². The highest BCUT2D eigenvalue weighted by atomic mass is 35.5. The van der Waals surface area contributed by atoms with Gasteiger partial charge >= 0.3 is 0 Å². The fraction of sp³-hybridized carbons (Fsp3) is 0. The molecule has 2 N–H and O–H groups in total. The summed E-state index contributed by atoms with van der Waals surface area (Å²) < 4.78 is 14.7. The standard InChI is InChI=1S/C12H8ClFN4/c13-9-6-7(3-4-10(9)14)8-2-1-5-18-11(8)16-12(15)17-18/h1-6H,(H2,15,17). The van der Waals surface area contributed by atoms with E-state index in [0.29, 0.717) is 5.65 Å². The van der Waals surface area contributed by atoms with Gasteiger partial charge in [-0.1, -0.05) is 17.7 Å². The number of nitrogen functional groups attached to an aromatic ring is 1. The number of nitrogens with two attached hydrogens (primary N) is 1. The first-order valence-corrected chi connectivity index (χ1v) is 5.59. The summed E-state index contributed by atoms with van der Waals surface area (Å²) in [5, 5.41) is 4.09. The van der Waals surface area contributed by atoms with Gasteiger partial charge in [0.25, 0.3) is 0 Å². The molecule has 0 amide bonds. The molecule has 0 fully saturated rings. The second-order valence-electron chi connectivity index (χ2n) is 3.79. The van der Waals surface area contributed by atoms with E-state index >= 15 is 0 Å². The molecule has 6 heteroatoms. The van der Waals surface area contributed by atoms with Crippen molar-refractivity contribution >= 4 is 23.2 Å². The van der Waals surface area contributed by atoms with Gasteiger partial charge in [0.05, 0.1) is 5.02 Å². The van der Waals surface area contributed by atoms with Crippen LogP contribution in [0.1, 0.15) is 0 Å². The van der Waals surface area contributed by atoms with Gasteiger partial charge in [0.2, 0.25) is 5.95 Å². The monoisotopic (exact) mass is 262 g/mol. The molecular formula is C12H8ClFN4. The summed E-state index contributed by atoms with van der Waals surface area (Å²) in [6.45, 7) is 0. The third-order valence-corrected chi connectivity index (χ3v) is 2.90. The van der Waals surface area contributed by atoms with Gasteiger partial charge < -0.3 is 5.73 Å². The molecule has 2 aromatic heterocycles. The largest absolute Gasteiger partial charge is 0.366 e. The Kier molecular flexibility index (Phi) is 2.41. The summed E-state index contributed by atoms with van der Waals surface area (Å²) >= 11 is 5.78. The van der Waals surface area contributed by atoms with Gasteiger partial charge in [-0.25, -0.2) is 8.91 Å². The molecule has 0 aliphatic rings. The van der Waals surface area contributed by atoms with Crippen LogP contribution in [0.5, 0.6) is 0 Å². The lowest BCUT2D eigenvalue weighted by molar-refractivity contribution is 0.628. The summed E-state index contributed by atoms with van der Waals surface area (Å²) in [5.41, 5.74) is 7.73. The Morgan fingerprint density at radius 2 is 2.11 bits per heavy atom. The van der Waals surface area contributed by atoms with Crippen molar-refractivity contribution in [1.29, 1.82) is 0 Å². The van der Waals surface area contributed by atoms with Crippen LogP contribution in [0.15, 0.2) is 36.5 Å². The van der Waals surface area contributed by atoms with E-state index in [0.717, 1.165) is 11.1 Å². The highest BCUT2D eigenvalue weighted by Crippen LogP contribution is 2.27. The van der Waals surface area contributed by atoms with Crippen LogP contribution in [0.2, 0.25) is 5.02 Å². The van der Waals surface area contributed by atoms with E-state index in [1.807, 2.05) is 12.1 Å². The molecule has 3 rings (SSSR count). The summed E-state index contributed by atoms with van der Waals surface area (Å²) in [7, 11) is 0. The number of hydrogen-bond acceptors (Lipinski definition) is 3. The topological polar surface area (TPSA) is 56.2 Å². The minimum absolute atomic E-state index is 0.0713. The van der Waals surface area contributed by atoms with Crippen molar-refractivity contribution in [2.75, 3.05) is 5.73 Å². The summed E-state index contributed by atoms with van der Waals surface area (Å²) in [4.78, 5) is 4.13. The number of aromatic nitrogens is 3. The highest BCUT2D eigenvalue weighted by Gasteiger charge is 2.09. The third kappa shape index (κ3) is 1.69. The number of hydrogen-bond donors (Lipinski definition) is 1. The molecule has 2 heterocycles. The third-order valence-electron chi connectivity index (χ3n) is 2.61. The first-order valence-electron chi connectivity index (χ1n) is 5.21. The highest BCUT2D eigenvalue weighted by molar-refractivity contribution is 6.31. The Morgan fingerprint density at radius 1 is 1.28 bits per heavy atom. The van der Waals surface area contributed by atoms with Crippen LogP contribution in [0.25, 0.3) is 16.8 Å². The maximum atomic E-state index is 13.1. The number of pyridine rings is 1. The summed E-state index contributed by atoms with van der Waals surface area (Å²) in [6.07, 6.45) is 1.74. The molecule has 3 aromatic rings. The van der Waals surface area contributed by atoms with Crippen molar-refractivity contribution < 1.29 is 4.39 Å². The zero-order chi connectivity index (χ0) is 12.7. The molecule has 0 unspecified atom stereocenters. The summed E-state index contributed by atoms with van der Waals surface area (Å²) in [6, 6.07) is 8.18. The van der Waals surface area contributed by atoms with Crippen LogP contribution in [-0.4, -0.2) is 14.6 Å². The maximum Gasteiger partial charge on any atom is 0.240 e. The molecule has 0 bridgehead atoms. The second-order valence-corrected chi connectivity index (χ2v) is 4.20. The fourth-order valence-corrected chi connectivity index (χ4v) is 1.99. The average Bonchev–Trinajstić information content (AvgIpc) is 2.72. The minimum atomic E-state index is -0.451. The Balaban J connectivity index is 2.27. The van der Waals surface area contributed by atoms with Crippen LogP contribution in [0, 0.1) is 5.82 Å². The van der Waals surface area contributed by atoms with Crippen LogP contribution >= 0.6 is 11.6 Å². The fourth-order valence-electron chi connectivity index (χ4n) is 1.81. The molecule has 4 nitrogen and oxygen atoms in total. The Hall–Kier alpha value is -2.14. The summed E-state index contributed by atoms with van der Waals surface area (Å²) in [5.74, 6) is -0.260. The van der Waals surface area contributed by atoms with E-state index < -0.39 is 5.82 Å². The smallest absolute Gasteiger partial charge is 0.240 e. The quantitative estimate of drug-likeness (QED) is 0.734. The maximum absolute atomic E-state index is 13.1. The van der Waals surface area contributed by atoms with Crippen LogP contribution in [0.4, 0.5) is 10.3 Å². The van der Waals surface area contributed by atoms with Gasteiger partial charge in [0.1, 0.15) is 5.82 Å². The number of fused-ring (bicyclic) bond motifs is 1. The number of nitrogens with zero attached hydrogens (tertiary/aromatic N) is 3. The Morgan fingerprint density at radius 3 is 2.89 bits per heavy atom. The zero-order valence-corrected chi connectivity index (χ0v) is 9.89. The van der Waals surface area contributed by atoms with Crippen molar-refractivity contribution in [3.05, 3.63) is 47.4 Å². The number of anilines is 1. The van der Waals surface area contributed by atoms with E-state index in [-0.39, 0.29) is 11.0 Å². The average molecular weight is 263 g/mol. The van der Waals surface area contributed by atoms with E-state index in [2.05, 4.69) is 10.1 Å². The first kappa shape index (κ1) is 11.0. The van der Waals surface area contributed by atoms with E-state index in [9.17, 15) is 4.39 Å². The SMILES string of the molecule is Nc1nc2c(-c3ccc(F)c(Cl)c3)cccn2n1. The number of halogens is 2. The lowest BCUT2D eigenvalue weighted by Gasteiger charge is -2.04. The lowest BCUT2D eigenvalue weighted by Crippen LogP contribution is -1.90. The van der Waals surface area contributed by atoms with Gasteiger partial charge in [0.15, 0.2) is 5.65 Å². The van der Waals surface area contributed by atoms with E-state index in [1.165, 1.54) is 6.07 Å². The normalized spacial score (nSPS) is 11.0. The number of rotatable bonds is 1. The molecule has 0 saturated heterocycles. The van der Waals surface area contributed by atoms with Crippen LogP contribution < -0.4 is 5.73 Å². The van der Waals surface area contributed by atoms with Gasteiger partial charge in [-0.2, -0.15) is 4.98 Å². The zero-order valence-electron chi connectivity index (χ0n) is 9.14. The predicted molar refractivity (Wildman–Crippen MR) is 67.8 cm³/mol. The van der Waals surface area contributed by atoms with Crippen molar-refractivity contribution in [1.82, 2.24) is 14.6 Å². The minimum Gasteiger partial charge on any atom is -0.366 e. The first-order chi connectivity index (χ1) is 8.65. The molecule has 1 aromatic carbocycles. The molecule has 0 saturated carbocycles. The van der Waals surface area contributed by atoms with Crippen molar-refractivity contribution in [3.8, 4) is 11.1 Å². The molecule has 90 valence electrons. The lowest BCUT2D eigenvalue weighted by atomic mass is 10.1. The molecule has 0 radical (unpaired) electrons. The molecule has 0 spiro atoms. The van der Waals surface area contributed by atoms with Gasteiger partial charge in [-0.15, -0.1) is 5.10 Å². The van der Waals surface area contributed by atoms with E-state index in [1.54, 1.807) is 22.8 Å². The molecule has 0 atom stereocenters. The van der Waals surface area contributed by atoms with Gasteiger partial charge in [-0.3, -0.25) is 0 Å². The van der Waals surface area contributed by atoms with Crippen molar-refractivity contribution in [2.24, 2.45) is 0 Å². The molecule has 0 aliphatic carbocycles. The molecular weight excluding hydrogens is 255 g/mol.